The molecule has 0 aromatic heterocycles. The number of amides is 3. The molecule has 0 spiro atoms. The molecule has 0 radical (unpaired) electrons. The van der Waals surface area contributed by atoms with E-state index in [0.29, 0.717) is 0 Å². The van der Waals surface area contributed by atoms with Crippen LogP contribution in [0.1, 0.15) is 12.8 Å². The second-order valence-electron chi connectivity index (χ2n) is 4.69. The molecule has 0 fully saturated rings. The van der Waals surface area contributed by atoms with Gasteiger partial charge in [-0.1, -0.05) is 69.6 Å². The topological polar surface area (TPSA) is 120 Å². The summed E-state index contributed by atoms with van der Waals surface area (Å²) < 4.78 is 9.91. The highest BCUT2D eigenvalue weighted by Crippen LogP contribution is 2.26. The summed E-state index contributed by atoms with van der Waals surface area (Å²) >= 11 is 32.4. The van der Waals surface area contributed by atoms with Gasteiger partial charge in [0.25, 0.3) is 0 Å². The number of imide groups is 1. The van der Waals surface area contributed by atoms with Gasteiger partial charge in [0.1, 0.15) is 19.3 Å². The van der Waals surface area contributed by atoms with Crippen LogP contribution in [0.15, 0.2) is 0 Å². The number of alkyl carbamates (subject to hydrolysis) is 2. The quantitative estimate of drug-likeness (QED) is 0.307. The number of esters is 1. The number of rotatable bonds is 7. The monoisotopic (exact) mass is 508 g/mol. The number of ether oxygens (including phenoxy) is 3. The first-order valence-electron chi connectivity index (χ1n) is 6.84. The van der Waals surface area contributed by atoms with Crippen molar-refractivity contribution in [2.75, 3.05) is 20.3 Å². The molecule has 0 bridgehead atoms. The van der Waals surface area contributed by atoms with Crippen molar-refractivity contribution in [3.63, 3.8) is 0 Å². The Hall–Kier alpha value is -0.580. The molecule has 0 rings (SSSR count). The van der Waals surface area contributed by atoms with Gasteiger partial charge in [-0.25, -0.2) is 14.4 Å². The van der Waals surface area contributed by atoms with Gasteiger partial charge >= 0.3 is 18.2 Å². The van der Waals surface area contributed by atoms with Gasteiger partial charge < -0.3 is 19.5 Å². The standard InChI is InChI=1S/C12H14Cl6N2O7/c1-25-8(22)6(19-9(23)26-4-11(13,14)15)2-3-7(21)20-10(24)27-5-12(16,17)18/h6H,2-5H2,1H3,(H,19,23)(H,20,21,24)/t6-/m0/s1. The van der Waals surface area contributed by atoms with Crippen LogP contribution in [0.2, 0.25) is 0 Å². The van der Waals surface area contributed by atoms with E-state index >= 15 is 0 Å². The molecule has 2 N–H and O–H groups in total. The van der Waals surface area contributed by atoms with E-state index < -0.39 is 50.9 Å². The Morgan fingerprint density at radius 1 is 0.889 bits per heavy atom. The van der Waals surface area contributed by atoms with Crippen molar-refractivity contribution in [1.29, 1.82) is 0 Å². The zero-order valence-corrected chi connectivity index (χ0v) is 18.1. The summed E-state index contributed by atoms with van der Waals surface area (Å²) in [4.78, 5) is 46.3. The first-order chi connectivity index (χ1) is 12.2. The number of alkyl halides is 6. The lowest BCUT2D eigenvalue weighted by atomic mass is 10.1. The SMILES string of the molecule is COC(=O)[C@H](CCC(=O)NC(=O)OCC(Cl)(Cl)Cl)NC(=O)OCC(Cl)(Cl)Cl. The van der Waals surface area contributed by atoms with Crippen LogP contribution in [0, 0.1) is 0 Å². The number of carbonyl (C=O) groups excluding carboxylic acids is 4. The number of hydrogen-bond donors (Lipinski definition) is 2. The molecule has 0 aliphatic heterocycles. The van der Waals surface area contributed by atoms with Crippen molar-refractivity contribution in [3.8, 4) is 0 Å². The molecule has 0 aromatic rings. The summed E-state index contributed by atoms with van der Waals surface area (Å²) in [6, 6.07) is -1.26. The highest BCUT2D eigenvalue weighted by atomic mass is 35.6. The van der Waals surface area contributed by atoms with Gasteiger partial charge in [0.2, 0.25) is 13.5 Å². The third-order valence-corrected chi connectivity index (χ3v) is 3.07. The van der Waals surface area contributed by atoms with Crippen LogP contribution < -0.4 is 10.6 Å². The van der Waals surface area contributed by atoms with Gasteiger partial charge in [-0.3, -0.25) is 10.1 Å². The molecule has 3 amide bonds. The minimum Gasteiger partial charge on any atom is -0.467 e. The van der Waals surface area contributed by atoms with Crippen molar-refractivity contribution in [1.82, 2.24) is 10.6 Å². The summed E-state index contributed by atoms with van der Waals surface area (Å²) in [5.74, 6) is -1.69. The maximum Gasteiger partial charge on any atom is 0.413 e. The summed E-state index contributed by atoms with van der Waals surface area (Å²) in [5, 5.41) is 3.97. The van der Waals surface area contributed by atoms with E-state index in [2.05, 4.69) is 19.5 Å². The van der Waals surface area contributed by atoms with Crippen molar-refractivity contribution in [3.05, 3.63) is 0 Å². The van der Waals surface area contributed by atoms with Crippen molar-refractivity contribution < 1.29 is 33.4 Å². The third-order valence-electron chi connectivity index (χ3n) is 2.41. The molecule has 0 saturated carbocycles. The van der Waals surface area contributed by atoms with E-state index in [1.54, 1.807) is 0 Å². The number of nitrogens with one attached hydrogen (secondary N) is 2. The van der Waals surface area contributed by atoms with Crippen LogP contribution in [-0.2, 0) is 23.8 Å². The molecule has 1 atom stereocenters. The smallest absolute Gasteiger partial charge is 0.413 e. The lowest BCUT2D eigenvalue weighted by Crippen LogP contribution is -2.43. The van der Waals surface area contributed by atoms with Crippen molar-refractivity contribution >= 4 is 93.7 Å². The van der Waals surface area contributed by atoms with E-state index in [0.717, 1.165) is 7.11 Å². The molecule has 0 aromatic carbocycles. The molecular formula is C12H14Cl6N2O7. The van der Waals surface area contributed by atoms with E-state index in [4.69, 9.17) is 69.6 Å². The molecule has 0 aliphatic rings. The molecule has 15 heteroatoms. The number of methoxy groups -OCH3 is 1. The minimum absolute atomic E-state index is 0.237. The average Bonchev–Trinajstić information content (AvgIpc) is 2.52. The van der Waals surface area contributed by atoms with E-state index in [1.165, 1.54) is 0 Å². The Bertz CT molecular complexity index is 549. The highest BCUT2D eigenvalue weighted by molar-refractivity contribution is 6.68. The lowest BCUT2D eigenvalue weighted by Gasteiger charge is -2.17. The van der Waals surface area contributed by atoms with E-state index in [-0.39, 0.29) is 12.8 Å². The average molecular weight is 511 g/mol. The van der Waals surface area contributed by atoms with Gasteiger partial charge in [-0.2, -0.15) is 0 Å². The summed E-state index contributed by atoms with van der Waals surface area (Å²) in [6.07, 6.45) is -2.85. The third kappa shape index (κ3) is 15.1. The Kier molecular flexibility index (Phi) is 11.8. The molecule has 0 aliphatic carbocycles. The van der Waals surface area contributed by atoms with Crippen LogP contribution in [-0.4, -0.2) is 58.0 Å². The van der Waals surface area contributed by atoms with E-state index in [1.807, 2.05) is 5.32 Å². The Balaban J connectivity index is 4.49. The molecule has 27 heavy (non-hydrogen) atoms. The van der Waals surface area contributed by atoms with Crippen LogP contribution in [0.25, 0.3) is 0 Å². The van der Waals surface area contributed by atoms with Crippen LogP contribution in [0.4, 0.5) is 9.59 Å². The zero-order chi connectivity index (χ0) is 21.3. The normalized spacial score (nSPS) is 12.6. The second-order valence-corrected chi connectivity index (χ2v) is 9.72. The Morgan fingerprint density at radius 3 is 1.81 bits per heavy atom. The number of hydrogen-bond acceptors (Lipinski definition) is 7. The van der Waals surface area contributed by atoms with Crippen LogP contribution >= 0.6 is 69.6 Å². The van der Waals surface area contributed by atoms with E-state index in [9.17, 15) is 19.2 Å². The van der Waals surface area contributed by atoms with Crippen LogP contribution in [0.5, 0.6) is 0 Å². The van der Waals surface area contributed by atoms with Crippen LogP contribution in [0.3, 0.4) is 0 Å². The number of halogens is 6. The van der Waals surface area contributed by atoms with Gasteiger partial charge in [-0.15, -0.1) is 0 Å². The van der Waals surface area contributed by atoms with Gasteiger partial charge in [0.15, 0.2) is 0 Å². The maximum absolute atomic E-state index is 11.7. The van der Waals surface area contributed by atoms with Gasteiger partial charge in [0, 0.05) is 6.42 Å². The Morgan fingerprint density at radius 2 is 1.37 bits per heavy atom. The highest BCUT2D eigenvalue weighted by Gasteiger charge is 2.27. The summed E-state index contributed by atoms with van der Waals surface area (Å²) in [6.45, 7) is -1.16. The molecular weight excluding hydrogens is 497 g/mol. The molecule has 156 valence electrons. The van der Waals surface area contributed by atoms with Crippen molar-refractivity contribution in [2.45, 2.75) is 26.5 Å². The molecule has 0 unspecified atom stereocenters. The zero-order valence-electron chi connectivity index (χ0n) is 13.5. The molecule has 0 saturated heterocycles. The fraction of sp³-hybridized carbons (Fsp3) is 0.667. The maximum atomic E-state index is 11.7. The molecule has 9 nitrogen and oxygen atoms in total. The summed E-state index contributed by atoms with van der Waals surface area (Å²) in [7, 11) is 1.07. The lowest BCUT2D eigenvalue weighted by molar-refractivity contribution is -0.143. The summed E-state index contributed by atoms with van der Waals surface area (Å²) in [5.41, 5.74) is 0. The van der Waals surface area contributed by atoms with Crippen molar-refractivity contribution in [2.24, 2.45) is 0 Å². The largest absolute Gasteiger partial charge is 0.467 e. The Labute approximate surface area is 184 Å². The predicted octanol–water partition coefficient (Wildman–Crippen LogP) is 3.03. The first kappa shape index (κ1) is 26.4. The minimum atomic E-state index is -1.84. The predicted molar refractivity (Wildman–Crippen MR) is 99.6 cm³/mol. The fourth-order valence-corrected chi connectivity index (χ4v) is 1.69. The molecule has 0 heterocycles. The second kappa shape index (κ2) is 12.1. The fourth-order valence-electron chi connectivity index (χ4n) is 1.36. The van der Waals surface area contributed by atoms with Gasteiger partial charge in [0.05, 0.1) is 7.11 Å². The number of carbonyl (C=O) groups is 4. The van der Waals surface area contributed by atoms with Gasteiger partial charge in [-0.05, 0) is 6.42 Å². The first-order valence-corrected chi connectivity index (χ1v) is 9.11.